The van der Waals surface area contributed by atoms with Crippen LogP contribution < -0.4 is 5.32 Å². The average Bonchev–Trinajstić information content (AvgIpc) is 2.46. The topological polar surface area (TPSA) is 66.4 Å². The van der Waals surface area contributed by atoms with Crippen molar-refractivity contribution >= 4 is 22.6 Å². The van der Waals surface area contributed by atoms with Crippen LogP contribution in [0.3, 0.4) is 0 Å². The Morgan fingerprint density at radius 3 is 2.40 bits per heavy atom. The molecule has 0 heterocycles. The maximum atomic E-state index is 12.2. The number of carbonyl (C=O) groups excluding carboxylic acids is 1. The third-order valence-corrected chi connectivity index (χ3v) is 3.58. The Balaban J connectivity index is 2.29. The van der Waals surface area contributed by atoms with Gasteiger partial charge in [-0.05, 0) is 36.2 Å². The average molecular weight is 271 g/mol. The van der Waals surface area contributed by atoms with Crippen molar-refractivity contribution in [3.05, 3.63) is 48.0 Å². The zero-order valence-corrected chi connectivity index (χ0v) is 11.5. The van der Waals surface area contributed by atoms with Crippen LogP contribution in [0.4, 0.5) is 0 Å². The third kappa shape index (κ3) is 2.64. The molecule has 104 valence electrons. The summed E-state index contributed by atoms with van der Waals surface area (Å²) in [7, 11) is 0. The molecule has 2 aromatic carbocycles. The van der Waals surface area contributed by atoms with Gasteiger partial charge < -0.3 is 10.4 Å². The van der Waals surface area contributed by atoms with E-state index >= 15 is 0 Å². The molecule has 0 fully saturated rings. The molecule has 0 aliphatic heterocycles. The zero-order chi connectivity index (χ0) is 14.8. The van der Waals surface area contributed by atoms with Crippen LogP contribution in [-0.4, -0.2) is 22.5 Å². The van der Waals surface area contributed by atoms with Gasteiger partial charge in [-0.1, -0.05) is 37.3 Å². The molecule has 0 saturated heterocycles. The first-order chi connectivity index (χ1) is 9.46. The van der Waals surface area contributed by atoms with Crippen LogP contribution in [0, 0.1) is 0 Å². The minimum atomic E-state index is -1.25. The number of rotatable bonds is 4. The molecule has 1 amide bonds. The highest BCUT2D eigenvalue weighted by Crippen LogP contribution is 2.17. The van der Waals surface area contributed by atoms with Crippen molar-refractivity contribution in [3.8, 4) is 0 Å². The van der Waals surface area contributed by atoms with E-state index in [0.29, 0.717) is 12.0 Å². The molecule has 4 heteroatoms. The van der Waals surface area contributed by atoms with Gasteiger partial charge in [-0.3, -0.25) is 4.79 Å². The van der Waals surface area contributed by atoms with Crippen LogP contribution in [0.5, 0.6) is 0 Å². The minimum absolute atomic E-state index is 0.321. The van der Waals surface area contributed by atoms with Crippen LogP contribution in [0.2, 0.25) is 0 Å². The third-order valence-electron chi connectivity index (χ3n) is 3.58. The van der Waals surface area contributed by atoms with Gasteiger partial charge in [0.15, 0.2) is 0 Å². The molecule has 0 spiro atoms. The molecular weight excluding hydrogens is 254 g/mol. The molecule has 0 saturated carbocycles. The number of hydrogen-bond acceptors (Lipinski definition) is 2. The summed E-state index contributed by atoms with van der Waals surface area (Å²) in [6.45, 7) is 3.24. The minimum Gasteiger partial charge on any atom is -0.480 e. The van der Waals surface area contributed by atoms with Crippen molar-refractivity contribution in [1.29, 1.82) is 0 Å². The molecule has 2 aromatic rings. The molecule has 0 aliphatic rings. The normalized spacial score (nSPS) is 13.7. The summed E-state index contributed by atoms with van der Waals surface area (Å²) in [6.07, 6.45) is 0.321. The van der Waals surface area contributed by atoms with Gasteiger partial charge in [0.05, 0.1) is 0 Å². The van der Waals surface area contributed by atoms with Crippen molar-refractivity contribution in [2.75, 3.05) is 0 Å². The van der Waals surface area contributed by atoms with Gasteiger partial charge in [0, 0.05) is 5.56 Å². The van der Waals surface area contributed by atoms with E-state index in [9.17, 15) is 14.7 Å². The second-order valence-corrected chi connectivity index (χ2v) is 5.01. The first-order valence-electron chi connectivity index (χ1n) is 6.51. The second kappa shape index (κ2) is 5.33. The molecule has 0 radical (unpaired) electrons. The van der Waals surface area contributed by atoms with Gasteiger partial charge in [0.25, 0.3) is 5.91 Å². The van der Waals surface area contributed by atoms with E-state index in [1.54, 1.807) is 19.1 Å². The van der Waals surface area contributed by atoms with Gasteiger partial charge in [-0.2, -0.15) is 0 Å². The fraction of sp³-hybridized carbons (Fsp3) is 0.250. The summed E-state index contributed by atoms with van der Waals surface area (Å²) in [6, 6.07) is 13.0. The summed E-state index contributed by atoms with van der Waals surface area (Å²) in [5, 5.41) is 13.8. The predicted octanol–water partition coefficient (Wildman–Crippen LogP) is 2.82. The summed E-state index contributed by atoms with van der Waals surface area (Å²) in [5.41, 5.74) is -0.785. The SMILES string of the molecule is CCC(C)(NC(=O)c1ccc2ccccc2c1)C(=O)O. The van der Waals surface area contributed by atoms with Crippen LogP contribution in [0.1, 0.15) is 30.6 Å². The largest absolute Gasteiger partial charge is 0.480 e. The summed E-state index contributed by atoms with van der Waals surface area (Å²) in [4.78, 5) is 23.4. The van der Waals surface area contributed by atoms with Crippen molar-refractivity contribution < 1.29 is 14.7 Å². The number of nitrogens with one attached hydrogen (secondary N) is 1. The maximum absolute atomic E-state index is 12.2. The van der Waals surface area contributed by atoms with E-state index in [2.05, 4.69) is 5.32 Å². The molecule has 0 aromatic heterocycles. The molecule has 2 N–H and O–H groups in total. The molecule has 0 aliphatic carbocycles. The molecule has 1 unspecified atom stereocenters. The van der Waals surface area contributed by atoms with E-state index in [4.69, 9.17) is 0 Å². The Morgan fingerprint density at radius 2 is 1.80 bits per heavy atom. The number of aliphatic carboxylic acids is 1. The smallest absolute Gasteiger partial charge is 0.329 e. The first-order valence-corrected chi connectivity index (χ1v) is 6.51. The first kappa shape index (κ1) is 14.1. The van der Waals surface area contributed by atoms with E-state index in [1.807, 2.05) is 30.3 Å². The Hall–Kier alpha value is -2.36. The Bertz CT molecular complexity index is 666. The van der Waals surface area contributed by atoms with Gasteiger partial charge >= 0.3 is 5.97 Å². The van der Waals surface area contributed by atoms with E-state index in [1.165, 1.54) is 6.92 Å². The summed E-state index contributed by atoms with van der Waals surface area (Å²) >= 11 is 0. The lowest BCUT2D eigenvalue weighted by molar-refractivity contribution is -0.143. The van der Waals surface area contributed by atoms with Crippen molar-refractivity contribution in [1.82, 2.24) is 5.32 Å². The second-order valence-electron chi connectivity index (χ2n) is 5.01. The summed E-state index contributed by atoms with van der Waals surface area (Å²) in [5.74, 6) is -1.41. The van der Waals surface area contributed by atoms with Gasteiger partial charge in [-0.15, -0.1) is 0 Å². The van der Waals surface area contributed by atoms with E-state index in [-0.39, 0.29) is 5.91 Å². The van der Waals surface area contributed by atoms with Crippen LogP contribution >= 0.6 is 0 Å². The highest BCUT2D eigenvalue weighted by atomic mass is 16.4. The molecule has 1 atom stereocenters. The lowest BCUT2D eigenvalue weighted by Gasteiger charge is -2.24. The predicted molar refractivity (Wildman–Crippen MR) is 77.7 cm³/mol. The standard InChI is InChI=1S/C16H17NO3/c1-3-16(2,15(19)20)17-14(18)13-9-8-11-6-4-5-7-12(11)10-13/h4-10H,3H2,1-2H3,(H,17,18)(H,19,20). The number of carbonyl (C=O) groups is 2. The number of hydrogen-bond donors (Lipinski definition) is 2. The highest BCUT2D eigenvalue weighted by molar-refractivity contribution is 6.00. The zero-order valence-electron chi connectivity index (χ0n) is 11.5. The number of carboxylic acids is 1. The van der Waals surface area contributed by atoms with Gasteiger partial charge in [-0.25, -0.2) is 4.79 Å². The Kier molecular flexibility index (Phi) is 3.74. The lowest BCUT2D eigenvalue weighted by Crippen LogP contribution is -2.51. The molecular formula is C16H17NO3. The number of benzene rings is 2. The van der Waals surface area contributed by atoms with Crippen LogP contribution in [-0.2, 0) is 4.79 Å². The van der Waals surface area contributed by atoms with E-state index in [0.717, 1.165) is 10.8 Å². The number of amides is 1. The van der Waals surface area contributed by atoms with Crippen molar-refractivity contribution in [2.24, 2.45) is 0 Å². The quantitative estimate of drug-likeness (QED) is 0.898. The molecule has 2 rings (SSSR count). The fourth-order valence-electron chi connectivity index (χ4n) is 1.95. The van der Waals surface area contributed by atoms with Crippen molar-refractivity contribution in [3.63, 3.8) is 0 Å². The fourth-order valence-corrected chi connectivity index (χ4v) is 1.95. The monoisotopic (exact) mass is 271 g/mol. The summed E-state index contributed by atoms with van der Waals surface area (Å²) < 4.78 is 0. The Morgan fingerprint density at radius 1 is 1.15 bits per heavy atom. The lowest BCUT2D eigenvalue weighted by atomic mass is 9.98. The molecule has 0 bridgehead atoms. The molecule has 4 nitrogen and oxygen atoms in total. The van der Waals surface area contributed by atoms with Crippen LogP contribution in [0.25, 0.3) is 10.8 Å². The van der Waals surface area contributed by atoms with E-state index < -0.39 is 11.5 Å². The molecule has 20 heavy (non-hydrogen) atoms. The number of fused-ring (bicyclic) bond motifs is 1. The van der Waals surface area contributed by atoms with Crippen molar-refractivity contribution in [2.45, 2.75) is 25.8 Å². The highest BCUT2D eigenvalue weighted by Gasteiger charge is 2.32. The Labute approximate surface area is 117 Å². The number of carboxylic acid groups (broad SMARTS) is 1. The van der Waals surface area contributed by atoms with Crippen LogP contribution in [0.15, 0.2) is 42.5 Å². The van der Waals surface area contributed by atoms with Gasteiger partial charge in [0.1, 0.15) is 5.54 Å². The maximum Gasteiger partial charge on any atom is 0.329 e. The van der Waals surface area contributed by atoms with Gasteiger partial charge in [0.2, 0.25) is 0 Å².